The predicted octanol–water partition coefficient (Wildman–Crippen LogP) is 5.50. The molecule has 1 amide bonds. The van der Waals surface area contributed by atoms with Gasteiger partial charge in [-0.25, -0.2) is 8.42 Å². The molecule has 0 aliphatic carbocycles. The molecule has 0 atom stereocenters. The number of benzene rings is 3. The molecule has 0 saturated carbocycles. The van der Waals surface area contributed by atoms with Crippen molar-refractivity contribution in [1.82, 2.24) is 4.90 Å². The molecule has 162 valence electrons. The second-order valence-corrected chi connectivity index (χ2v) is 9.94. The zero-order valence-electron chi connectivity index (χ0n) is 16.5. The molecule has 31 heavy (non-hydrogen) atoms. The lowest BCUT2D eigenvalue weighted by atomic mass is 10.2. The van der Waals surface area contributed by atoms with Gasteiger partial charge in [-0.3, -0.25) is 9.10 Å². The minimum atomic E-state index is -4.06. The lowest BCUT2D eigenvalue weighted by molar-refractivity contribution is -0.128. The van der Waals surface area contributed by atoms with Crippen LogP contribution in [0, 0.1) is 0 Å². The van der Waals surface area contributed by atoms with Gasteiger partial charge in [-0.2, -0.15) is 0 Å². The summed E-state index contributed by atoms with van der Waals surface area (Å²) in [7, 11) is -2.45. The lowest BCUT2D eigenvalue weighted by Crippen LogP contribution is -2.41. The summed E-state index contributed by atoms with van der Waals surface area (Å²) in [5, 5.41) is 1.08. The first-order chi connectivity index (χ1) is 14.7. The van der Waals surface area contributed by atoms with Crippen molar-refractivity contribution in [2.45, 2.75) is 11.4 Å². The molecule has 0 aliphatic rings. The Morgan fingerprint density at radius 3 is 2.10 bits per heavy atom. The van der Waals surface area contributed by atoms with Crippen LogP contribution < -0.4 is 4.31 Å². The van der Waals surface area contributed by atoms with Crippen molar-refractivity contribution < 1.29 is 13.2 Å². The number of rotatable bonds is 7. The predicted molar refractivity (Wildman–Crippen MR) is 125 cm³/mol. The number of amides is 1. The van der Waals surface area contributed by atoms with Crippen LogP contribution in [0.15, 0.2) is 77.7 Å². The maximum absolute atomic E-state index is 13.4. The number of carbonyl (C=O) groups excluding carboxylic acids is 1. The van der Waals surface area contributed by atoms with Crippen molar-refractivity contribution in [1.29, 1.82) is 0 Å². The molecule has 0 N–H and O–H groups in total. The van der Waals surface area contributed by atoms with Crippen LogP contribution in [0.3, 0.4) is 0 Å². The molecule has 3 aromatic rings. The Morgan fingerprint density at radius 2 is 1.48 bits per heavy atom. The number of hydrogen-bond donors (Lipinski definition) is 0. The monoisotopic (exact) mass is 496 g/mol. The van der Waals surface area contributed by atoms with Crippen molar-refractivity contribution in [2.75, 3.05) is 17.9 Å². The van der Waals surface area contributed by atoms with Crippen molar-refractivity contribution >= 4 is 56.4 Å². The minimum Gasteiger partial charge on any atom is -0.340 e. The minimum absolute atomic E-state index is 0.0502. The third-order valence-corrected chi connectivity index (χ3v) is 7.11. The lowest BCUT2D eigenvalue weighted by Gasteiger charge is -2.27. The highest BCUT2D eigenvalue weighted by molar-refractivity contribution is 7.92. The highest BCUT2D eigenvalue weighted by Crippen LogP contribution is 2.32. The summed E-state index contributed by atoms with van der Waals surface area (Å²) in [5.41, 5.74) is 1.03. The van der Waals surface area contributed by atoms with Crippen LogP contribution in [0.2, 0.25) is 15.1 Å². The first-order valence-corrected chi connectivity index (χ1v) is 11.8. The number of halogens is 3. The number of carbonyl (C=O) groups is 1. The zero-order valence-corrected chi connectivity index (χ0v) is 19.6. The van der Waals surface area contributed by atoms with E-state index in [1.165, 1.54) is 35.2 Å². The van der Waals surface area contributed by atoms with E-state index in [9.17, 15) is 13.2 Å². The van der Waals surface area contributed by atoms with Gasteiger partial charge in [0, 0.05) is 23.6 Å². The molecular formula is C22H19Cl3N2O3S. The van der Waals surface area contributed by atoms with Crippen LogP contribution in [0.25, 0.3) is 0 Å². The van der Waals surface area contributed by atoms with Crippen LogP contribution >= 0.6 is 34.8 Å². The number of likely N-dealkylation sites (N-methyl/N-ethyl adjacent to an activating group) is 1. The molecule has 3 aromatic carbocycles. The second kappa shape index (κ2) is 9.92. The Morgan fingerprint density at radius 1 is 0.871 bits per heavy atom. The van der Waals surface area contributed by atoms with Gasteiger partial charge in [0.2, 0.25) is 5.91 Å². The van der Waals surface area contributed by atoms with Gasteiger partial charge in [-0.15, -0.1) is 0 Å². The summed E-state index contributed by atoms with van der Waals surface area (Å²) >= 11 is 18.2. The molecule has 0 unspecified atom stereocenters. The average Bonchev–Trinajstić information content (AvgIpc) is 2.74. The Hall–Kier alpha value is -2.25. The first-order valence-electron chi connectivity index (χ1n) is 9.20. The Labute approximate surface area is 196 Å². The topological polar surface area (TPSA) is 57.7 Å². The van der Waals surface area contributed by atoms with Crippen molar-refractivity contribution in [3.63, 3.8) is 0 Å². The van der Waals surface area contributed by atoms with Crippen molar-refractivity contribution in [2.24, 2.45) is 0 Å². The zero-order chi connectivity index (χ0) is 22.6. The molecule has 9 heteroatoms. The fourth-order valence-electron chi connectivity index (χ4n) is 2.90. The molecule has 0 saturated heterocycles. The molecule has 5 nitrogen and oxygen atoms in total. The largest absolute Gasteiger partial charge is 0.340 e. The first kappa shape index (κ1) is 23.4. The molecular weight excluding hydrogens is 479 g/mol. The quantitative estimate of drug-likeness (QED) is 0.433. The second-order valence-electron chi connectivity index (χ2n) is 6.80. The molecule has 0 aromatic heterocycles. The molecule has 0 spiro atoms. The van der Waals surface area contributed by atoms with Crippen LogP contribution in [-0.4, -0.2) is 32.8 Å². The maximum atomic E-state index is 13.4. The number of hydrogen-bond acceptors (Lipinski definition) is 3. The summed E-state index contributed by atoms with van der Waals surface area (Å²) in [6.07, 6.45) is 0. The van der Waals surface area contributed by atoms with Crippen LogP contribution in [0.4, 0.5) is 5.69 Å². The van der Waals surface area contributed by atoms with E-state index in [2.05, 4.69) is 0 Å². The van der Waals surface area contributed by atoms with E-state index < -0.39 is 22.5 Å². The molecule has 0 radical (unpaired) electrons. The van der Waals surface area contributed by atoms with Gasteiger partial charge in [0.25, 0.3) is 10.0 Å². The molecule has 0 bridgehead atoms. The SMILES string of the molecule is CN(Cc1ccc(Cl)cc1)C(=O)CN(c1ccc(Cl)cc1Cl)S(=O)(=O)c1ccccc1. The van der Waals surface area contributed by atoms with Crippen molar-refractivity contribution in [3.05, 3.63) is 93.4 Å². The summed E-state index contributed by atoms with van der Waals surface area (Å²) in [6.45, 7) is -0.133. The highest BCUT2D eigenvalue weighted by Gasteiger charge is 2.29. The summed E-state index contributed by atoms with van der Waals surface area (Å²) in [5.74, 6) is -0.402. The number of sulfonamides is 1. The van der Waals surface area contributed by atoms with Gasteiger partial charge in [-0.1, -0.05) is 65.1 Å². The Bertz CT molecular complexity index is 1170. The van der Waals surface area contributed by atoms with E-state index in [1.54, 1.807) is 49.5 Å². The van der Waals surface area contributed by atoms with E-state index in [0.29, 0.717) is 16.6 Å². The summed E-state index contributed by atoms with van der Waals surface area (Å²) < 4.78 is 27.7. The molecule has 0 aliphatic heterocycles. The fraction of sp³-hybridized carbons (Fsp3) is 0.136. The Balaban J connectivity index is 1.92. The van der Waals surface area contributed by atoms with Crippen LogP contribution in [0.5, 0.6) is 0 Å². The molecule has 0 fully saturated rings. The third kappa shape index (κ3) is 5.71. The summed E-state index contributed by atoms with van der Waals surface area (Å²) in [4.78, 5) is 14.5. The normalized spacial score (nSPS) is 11.2. The van der Waals surface area contributed by atoms with Crippen LogP contribution in [0.1, 0.15) is 5.56 Å². The van der Waals surface area contributed by atoms with Gasteiger partial charge >= 0.3 is 0 Å². The van der Waals surface area contributed by atoms with Gasteiger partial charge in [0.05, 0.1) is 15.6 Å². The van der Waals surface area contributed by atoms with Gasteiger partial charge in [0.15, 0.2) is 0 Å². The van der Waals surface area contributed by atoms with E-state index in [1.807, 2.05) is 0 Å². The van der Waals surface area contributed by atoms with Gasteiger partial charge in [-0.05, 0) is 48.0 Å². The van der Waals surface area contributed by atoms with E-state index in [-0.39, 0.29) is 15.6 Å². The summed E-state index contributed by atoms with van der Waals surface area (Å²) in [6, 6.07) is 19.4. The van der Waals surface area contributed by atoms with E-state index >= 15 is 0 Å². The van der Waals surface area contributed by atoms with Gasteiger partial charge in [0.1, 0.15) is 6.54 Å². The Kier molecular flexibility index (Phi) is 7.49. The smallest absolute Gasteiger partial charge is 0.264 e. The highest BCUT2D eigenvalue weighted by atomic mass is 35.5. The number of nitrogens with zero attached hydrogens (tertiary/aromatic N) is 2. The van der Waals surface area contributed by atoms with Gasteiger partial charge < -0.3 is 4.90 Å². The fourth-order valence-corrected chi connectivity index (χ4v) is 5.04. The van der Waals surface area contributed by atoms with Crippen LogP contribution in [-0.2, 0) is 21.4 Å². The van der Waals surface area contributed by atoms with E-state index in [0.717, 1.165) is 9.87 Å². The third-order valence-electron chi connectivity index (χ3n) is 4.55. The van der Waals surface area contributed by atoms with E-state index in [4.69, 9.17) is 34.8 Å². The van der Waals surface area contributed by atoms with Crippen molar-refractivity contribution in [3.8, 4) is 0 Å². The average molecular weight is 498 g/mol. The molecule has 3 rings (SSSR count). The maximum Gasteiger partial charge on any atom is 0.264 e. The molecule has 0 heterocycles. The standard InChI is InChI=1S/C22H19Cl3N2O3S/c1-26(14-16-7-9-17(23)10-8-16)22(28)15-27(21-12-11-18(24)13-20(21)25)31(29,30)19-5-3-2-4-6-19/h2-13H,14-15H2,1H3. The number of anilines is 1.